The molecule has 46 heavy (non-hydrogen) atoms. The Kier molecular flexibility index (Phi) is 7.45. The van der Waals surface area contributed by atoms with Gasteiger partial charge in [-0.3, -0.25) is 23.9 Å². The Balaban J connectivity index is 1.17. The van der Waals surface area contributed by atoms with Crippen molar-refractivity contribution in [1.82, 2.24) is 24.1 Å². The number of amides is 1. The van der Waals surface area contributed by atoms with Crippen LogP contribution in [0.15, 0.2) is 44.7 Å². The zero-order chi connectivity index (χ0) is 32.3. The third kappa shape index (κ3) is 4.87. The summed E-state index contributed by atoms with van der Waals surface area (Å²) in [7, 11) is 0. The number of nitrogens with two attached hydrogens (primary N) is 1. The molecular formula is C31H33ClN8O6. The van der Waals surface area contributed by atoms with Crippen LogP contribution >= 0.6 is 11.6 Å². The first-order valence-corrected chi connectivity index (χ1v) is 15.7. The van der Waals surface area contributed by atoms with Gasteiger partial charge in [-0.05, 0) is 56.9 Å². The fourth-order valence-corrected chi connectivity index (χ4v) is 7.13. The number of carbonyl (C=O) groups excluding carboxylic acids is 1. The van der Waals surface area contributed by atoms with Crippen LogP contribution in [0.25, 0.3) is 16.7 Å². The number of aromatic amines is 1. The summed E-state index contributed by atoms with van der Waals surface area (Å²) in [5, 5.41) is 13.0. The molecule has 15 heteroatoms. The van der Waals surface area contributed by atoms with Crippen molar-refractivity contribution in [3.05, 3.63) is 77.9 Å². The van der Waals surface area contributed by atoms with E-state index >= 15 is 0 Å². The van der Waals surface area contributed by atoms with Gasteiger partial charge in [0.1, 0.15) is 17.3 Å². The van der Waals surface area contributed by atoms with Crippen molar-refractivity contribution >= 4 is 40.0 Å². The predicted octanol–water partition coefficient (Wildman–Crippen LogP) is 1.91. The van der Waals surface area contributed by atoms with Gasteiger partial charge in [0.2, 0.25) is 5.88 Å². The molecule has 2 atom stereocenters. The minimum Gasteiger partial charge on any atom is -0.493 e. The molecule has 1 aromatic carbocycles. The average Bonchev–Trinajstić information content (AvgIpc) is 3.31. The summed E-state index contributed by atoms with van der Waals surface area (Å²) in [4.78, 5) is 66.6. The van der Waals surface area contributed by atoms with E-state index in [2.05, 4.69) is 25.2 Å². The Morgan fingerprint density at radius 1 is 1.11 bits per heavy atom. The van der Waals surface area contributed by atoms with Crippen molar-refractivity contribution in [1.29, 1.82) is 0 Å². The highest BCUT2D eigenvalue weighted by molar-refractivity contribution is 6.35. The average molecular weight is 649 g/mol. The summed E-state index contributed by atoms with van der Waals surface area (Å²) in [5.41, 5.74) is 3.95. The molecule has 14 nitrogen and oxygen atoms in total. The number of hydrogen-bond acceptors (Lipinski definition) is 10. The first-order valence-electron chi connectivity index (χ1n) is 15.3. The standard InChI is InChI=1S/C31H33ClN8O6/c1-16-24(33)31(15-46-16)10-13-38(14-11-31)20-9-8-17-25(35-20)37-30(45)40(28(17)43)19-6-4-5-18(23(19)32)34-26(41)22-27(42)36-21-7-2-3-12-39(21)29(22)44/h4-6,8-9,16,24,42H,2-3,7,10-15,33H2,1H3,(H,34,41)(H,35,37,45)/t16-,24+/m0/s1. The molecular weight excluding hydrogens is 616 g/mol. The Morgan fingerprint density at radius 3 is 2.63 bits per heavy atom. The van der Waals surface area contributed by atoms with Crippen molar-refractivity contribution in [2.75, 3.05) is 29.9 Å². The van der Waals surface area contributed by atoms with E-state index in [1.165, 1.54) is 22.8 Å². The summed E-state index contributed by atoms with van der Waals surface area (Å²) < 4.78 is 8.07. The number of halogens is 1. The number of ether oxygens (including phenoxy) is 1. The van der Waals surface area contributed by atoms with Crippen LogP contribution in [-0.4, -0.2) is 66.9 Å². The van der Waals surface area contributed by atoms with Gasteiger partial charge in [0.15, 0.2) is 5.56 Å². The number of aromatic hydroxyl groups is 1. The molecule has 4 aromatic rings. The Bertz CT molecular complexity index is 2070. The van der Waals surface area contributed by atoms with Gasteiger partial charge in [0.05, 0.1) is 34.5 Å². The van der Waals surface area contributed by atoms with Gasteiger partial charge in [-0.2, -0.15) is 4.98 Å². The van der Waals surface area contributed by atoms with Gasteiger partial charge >= 0.3 is 5.69 Å². The number of piperidine rings is 1. The molecule has 6 heterocycles. The minimum atomic E-state index is -0.924. The van der Waals surface area contributed by atoms with E-state index in [0.717, 1.165) is 30.3 Å². The Hall–Kier alpha value is -4.53. The van der Waals surface area contributed by atoms with E-state index in [1.807, 2.05) is 6.92 Å². The number of aromatic nitrogens is 5. The summed E-state index contributed by atoms with van der Waals surface area (Å²) in [5.74, 6) is -0.544. The number of benzene rings is 1. The van der Waals surface area contributed by atoms with Crippen LogP contribution in [0.2, 0.25) is 5.02 Å². The Morgan fingerprint density at radius 2 is 1.89 bits per heavy atom. The molecule has 2 saturated heterocycles. The first-order chi connectivity index (χ1) is 22.1. The van der Waals surface area contributed by atoms with Gasteiger partial charge in [0, 0.05) is 37.5 Å². The number of nitrogens with one attached hydrogen (secondary N) is 2. The molecule has 0 bridgehead atoms. The minimum absolute atomic E-state index is 0.00637. The van der Waals surface area contributed by atoms with E-state index in [4.69, 9.17) is 22.1 Å². The molecule has 2 fully saturated rings. The lowest BCUT2D eigenvalue weighted by Crippen LogP contribution is -2.50. The second kappa shape index (κ2) is 11.4. The van der Waals surface area contributed by atoms with Gasteiger partial charge in [-0.25, -0.2) is 14.3 Å². The number of anilines is 2. The molecule has 0 aliphatic carbocycles. The maximum atomic E-state index is 13.6. The van der Waals surface area contributed by atoms with E-state index in [-0.39, 0.29) is 45.0 Å². The van der Waals surface area contributed by atoms with Crippen LogP contribution < -0.4 is 32.8 Å². The molecule has 0 unspecified atom stereocenters. The number of carbonyl (C=O) groups is 1. The summed E-state index contributed by atoms with van der Waals surface area (Å²) in [6, 6.07) is 7.74. The zero-order valence-corrected chi connectivity index (χ0v) is 25.8. The second-order valence-corrected chi connectivity index (χ2v) is 12.6. The van der Waals surface area contributed by atoms with Crippen LogP contribution in [0.3, 0.4) is 0 Å². The number of nitrogens with zero attached hydrogens (tertiary/aromatic N) is 5. The quantitative estimate of drug-likeness (QED) is 0.254. The highest BCUT2D eigenvalue weighted by Gasteiger charge is 2.47. The fourth-order valence-electron chi connectivity index (χ4n) is 6.87. The largest absolute Gasteiger partial charge is 0.493 e. The second-order valence-electron chi connectivity index (χ2n) is 12.3. The van der Waals surface area contributed by atoms with Crippen LogP contribution in [0.4, 0.5) is 11.5 Å². The third-order valence-electron chi connectivity index (χ3n) is 9.63. The smallest absolute Gasteiger partial charge is 0.334 e. The SMILES string of the molecule is C[C@@H]1OCC2(CCN(c3ccc4c(=O)n(-c5cccc(NC(=O)c6c(O)nc7n(c6=O)CCCC7)c5Cl)c(=O)[nH]c4n3)CC2)[C@@H]1N. The normalized spacial score (nSPS) is 20.6. The predicted molar refractivity (Wildman–Crippen MR) is 171 cm³/mol. The van der Waals surface area contributed by atoms with Crippen LogP contribution in [0.1, 0.15) is 48.8 Å². The Labute approximate surface area is 266 Å². The van der Waals surface area contributed by atoms with E-state index in [1.54, 1.807) is 12.1 Å². The van der Waals surface area contributed by atoms with Crippen LogP contribution in [0, 0.1) is 5.41 Å². The number of fused-ring (bicyclic) bond motifs is 2. The number of H-pyrrole nitrogens is 1. The van der Waals surface area contributed by atoms with E-state index < -0.39 is 34.2 Å². The number of pyridine rings is 1. The lowest BCUT2D eigenvalue weighted by atomic mass is 9.73. The molecule has 0 radical (unpaired) electrons. The van der Waals surface area contributed by atoms with Gasteiger partial charge in [0.25, 0.3) is 17.0 Å². The number of rotatable bonds is 4. The molecule has 0 saturated carbocycles. The molecule has 3 aliphatic heterocycles. The zero-order valence-electron chi connectivity index (χ0n) is 25.1. The van der Waals surface area contributed by atoms with Gasteiger partial charge < -0.3 is 25.8 Å². The third-order valence-corrected chi connectivity index (χ3v) is 10.0. The monoisotopic (exact) mass is 648 g/mol. The first kappa shape index (κ1) is 30.1. The van der Waals surface area contributed by atoms with Gasteiger partial charge in [-0.15, -0.1) is 0 Å². The van der Waals surface area contributed by atoms with Gasteiger partial charge in [-0.1, -0.05) is 17.7 Å². The molecule has 5 N–H and O–H groups in total. The van der Waals surface area contributed by atoms with Crippen molar-refractivity contribution in [2.24, 2.45) is 11.1 Å². The number of hydrogen-bond donors (Lipinski definition) is 4. The number of aryl methyl sites for hydroxylation is 1. The van der Waals surface area contributed by atoms with Crippen molar-refractivity contribution in [3.8, 4) is 11.6 Å². The lowest BCUT2D eigenvalue weighted by Gasteiger charge is -2.41. The van der Waals surface area contributed by atoms with Crippen molar-refractivity contribution in [3.63, 3.8) is 0 Å². The summed E-state index contributed by atoms with van der Waals surface area (Å²) in [6.07, 6.45) is 3.82. The molecule has 3 aromatic heterocycles. The summed E-state index contributed by atoms with van der Waals surface area (Å²) in [6.45, 7) is 4.46. The maximum Gasteiger partial charge on any atom is 0.334 e. The lowest BCUT2D eigenvalue weighted by molar-refractivity contribution is 0.0974. The molecule has 7 rings (SSSR count). The summed E-state index contributed by atoms with van der Waals surface area (Å²) >= 11 is 6.63. The van der Waals surface area contributed by atoms with Crippen LogP contribution in [-0.2, 0) is 17.7 Å². The highest BCUT2D eigenvalue weighted by atomic mass is 35.5. The maximum absolute atomic E-state index is 13.6. The van der Waals surface area contributed by atoms with Crippen LogP contribution in [0.5, 0.6) is 5.88 Å². The topological polar surface area (TPSA) is 190 Å². The van der Waals surface area contributed by atoms with E-state index in [0.29, 0.717) is 44.3 Å². The molecule has 3 aliphatic rings. The molecule has 1 amide bonds. The highest BCUT2D eigenvalue weighted by Crippen LogP contribution is 2.41. The van der Waals surface area contributed by atoms with E-state index in [9.17, 15) is 24.3 Å². The fraction of sp³-hybridized carbons (Fsp3) is 0.419. The van der Waals surface area contributed by atoms with Crippen molar-refractivity contribution in [2.45, 2.75) is 57.7 Å². The van der Waals surface area contributed by atoms with Crippen molar-refractivity contribution < 1.29 is 14.6 Å². The molecule has 240 valence electrons. The molecule has 1 spiro atoms.